The van der Waals surface area contributed by atoms with E-state index in [1.807, 2.05) is 0 Å². The highest BCUT2D eigenvalue weighted by Crippen LogP contribution is 2.26. The molecule has 1 aromatic rings. The summed E-state index contributed by atoms with van der Waals surface area (Å²) in [4.78, 5) is 0. The molecule has 1 N–H and O–H groups in total. The van der Waals surface area contributed by atoms with Crippen LogP contribution in [0.2, 0.25) is 0 Å². The Hall–Kier alpha value is -0.960. The summed E-state index contributed by atoms with van der Waals surface area (Å²) in [5.41, 5.74) is 0.444. The number of hydrogen-bond acceptors (Lipinski definition) is 1. The van der Waals surface area contributed by atoms with Gasteiger partial charge in [0.15, 0.2) is 0 Å². The zero-order chi connectivity index (χ0) is 11.4. The second-order valence-electron chi connectivity index (χ2n) is 4.37. The molecule has 1 aliphatic heterocycles. The molecule has 88 valence electrons. The fourth-order valence-electron chi connectivity index (χ4n) is 2.22. The average molecular weight is 225 g/mol. The monoisotopic (exact) mass is 225 g/mol. The molecule has 16 heavy (non-hydrogen) atoms. The van der Waals surface area contributed by atoms with E-state index in [-0.39, 0.29) is 11.9 Å². The lowest BCUT2D eigenvalue weighted by atomic mass is 10.00. The zero-order valence-corrected chi connectivity index (χ0v) is 9.26. The summed E-state index contributed by atoms with van der Waals surface area (Å²) in [6.07, 6.45) is 3.03. The number of rotatable bonds is 2. The molecule has 0 spiro atoms. The van der Waals surface area contributed by atoms with Crippen molar-refractivity contribution in [2.75, 3.05) is 6.54 Å². The highest BCUT2D eigenvalue weighted by Gasteiger charge is 2.23. The van der Waals surface area contributed by atoms with Crippen LogP contribution in [0.3, 0.4) is 0 Å². The normalized spacial score (nSPS) is 23.8. The van der Waals surface area contributed by atoms with E-state index in [4.69, 9.17) is 0 Å². The smallest absolute Gasteiger partial charge is 0.140 e. The van der Waals surface area contributed by atoms with Crippen molar-refractivity contribution in [1.82, 2.24) is 5.32 Å². The Kier molecular flexibility index (Phi) is 3.88. The van der Waals surface area contributed by atoms with Crippen LogP contribution < -0.4 is 5.32 Å². The lowest BCUT2D eigenvalue weighted by Crippen LogP contribution is -2.32. The van der Waals surface area contributed by atoms with Crippen LogP contribution >= 0.6 is 0 Å². The SMILES string of the molecule is Fc1cccc(C(F)C2CCCCCN2)c1. The van der Waals surface area contributed by atoms with Crippen LogP contribution in [0, 0.1) is 5.82 Å². The minimum absolute atomic E-state index is 0.163. The molecule has 0 saturated carbocycles. The van der Waals surface area contributed by atoms with Gasteiger partial charge in [-0.05, 0) is 37.1 Å². The lowest BCUT2D eigenvalue weighted by molar-refractivity contribution is 0.248. The molecule has 1 nitrogen and oxygen atoms in total. The molecule has 0 amide bonds. The van der Waals surface area contributed by atoms with Gasteiger partial charge in [-0.3, -0.25) is 0 Å². The van der Waals surface area contributed by atoms with Gasteiger partial charge in [0.2, 0.25) is 0 Å². The van der Waals surface area contributed by atoms with Crippen molar-refractivity contribution in [1.29, 1.82) is 0 Å². The van der Waals surface area contributed by atoms with Crippen molar-refractivity contribution in [3.63, 3.8) is 0 Å². The molecule has 2 rings (SSSR count). The van der Waals surface area contributed by atoms with Crippen LogP contribution in [0.15, 0.2) is 24.3 Å². The highest BCUT2D eigenvalue weighted by molar-refractivity contribution is 5.20. The van der Waals surface area contributed by atoms with Crippen LogP contribution in [0.4, 0.5) is 8.78 Å². The maximum Gasteiger partial charge on any atom is 0.140 e. The first-order valence-corrected chi connectivity index (χ1v) is 5.90. The maximum atomic E-state index is 14.2. The van der Waals surface area contributed by atoms with E-state index in [0.717, 1.165) is 32.2 Å². The van der Waals surface area contributed by atoms with Crippen molar-refractivity contribution in [2.45, 2.75) is 37.9 Å². The Bertz CT molecular complexity index is 332. The lowest BCUT2D eigenvalue weighted by Gasteiger charge is -2.20. The van der Waals surface area contributed by atoms with Gasteiger partial charge in [0, 0.05) is 6.04 Å². The molecule has 0 bridgehead atoms. The van der Waals surface area contributed by atoms with Crippen molar-refractivity contribution >= 4 is 0 Å². The standard InChI is InChI=1S/C13H17F2N/c14-11-6-4-5-10(9-11)13(15)12-7-2-1-3-8-16-12/h4-6,9,12-13,16H,1-3,7-8H2. The van der Waals surface area contributed by atoms with E-state index in [9.17, 15) is 8.78 Å². The fourth-order valence-corrected chi connectivity index (χ4v) is 2.22. The van der Waals surface area contributed by atoms with Gasteiger partial charge in [-0.1, -0.05) is 25.0 Å². The third-order valence-corrected chi connectivity index (χ3v) is 3.12. The van der Waals surface area contributed by atoms with E-state index >= 15 is 0 Å². The third-order valence-electron chi connectivity index (χ3n) is 3.12. The Balaban J connectivity index is 2.07. The van der Waals surface area contributed by atoms with E-state index in [2.05, 4.69) is 5.32 Å². The summed E-state index contributed by atoms with van der Waals surface area (Å²) in [6.45, 7) is 0.862. The molecule has 1 aromatic carbocycles. The van der Waals surface area contributed by atoms with Crippen molar-refractivity contribution in [2.24, 2.45) is 0 Å². The molecule has 1 fully saturated rings. The van der Waals surface area contributed by atoms with Crippen molar-refractivity contribution < 1.29 is 8.78 Å². The second kappa shape index (κ2) is 5.39. The molecule has 2 unspecified atom stereocenters. The summed E-state index contributed by atoms with van der Waals surface area (Å²) in [6, 6.07) is 5.69. The quantitative estimate of drug-likeness (QED) is 0.813. The molecule has 0 aliphatic carbocycles. The number of hydrogen-bond donors (Lipinski definition) is 1. The molecule has 0 radical (unpaired) electrons. The Morgan fingerprint density at radius 1 is 1.25 bits per heavy atom. The predicted octanol–water partition coefficient (Wildman–Crippen LogP) is 3.37. The van der Waals surface area contributed by atoms with Gasteiger partial charge in [0.25, 0.3) is 0 Å². The Morgan fingerprint density at radius 3 is 2.94 bits per heavy atom. The molecule has 3 heteroatoms. The van der Waals surface area contributed by atoms with E-state index in [1.165, 1.54) is 12.1 Å². The van der Waals surface area contributed by atoms with Crippen LogP contribution in [-0.2, 0) is 0 Å². The van der Waals surface area contributed by atoms with Crippen LogP contribution in [-0.4, -0.2) is 12.6 Å². The molecule has 0 aromatic heterocycles. The third kappa shape index (κ3) is 2.79. The van der Waals surface area contributed by atoms with Crippen molar-refractivity contribution in [3.8, 4) is 0 Å². The van der Waals surface area contributed by atoms with Gasteiger partial charge in [0.1, 0.15) is 12.0 Å². The largest absolute Gasteiger partial charge is 0.311 e. The summed E-state index contributed by atoms with van der Waals surface area (Å²) in [7, 11) is 0. The minimum atomic E-state index is -1.10. The van der Waals surface area contributed by atoms with Gasteiger partial charge in [-0.15, -0.1) is 0 Å². The van der Waals surface area contributed by atoms with Crippen molar-refractivity contribution in [3.05, 3.63) is 35.6 Å². The summed E-state index contributed by atoms with van der Waals surface area (Å²) in [5, 5.41) is 3.20. The number of benzene rings is 1. The molecule has 1 saturated heterocycles. The first kappa shape index (κ1) is 11.5. The minimum Gasteiger partial charge on any atom is -0.311 e. The summed E-state index contributed by atoms with van der Waals surface area (Å²) in [5.74, 6) is -0.367. The van der Waals surface area contributed by atoms with Crippen LogP contribution in [0.5, 0.6) is 0 Å². The molecular weight excluding hydrogens is 208 g/mol. The second-order valence-corrected chi connectivity index (χ2v) is 4.37. The number of nitrogens with one attached hydrogen (secondary N) is 1. The molecule has 2 atom stereocenters. The van der Waals surface area contributed by atoms with E-state index in [1.54, 1.807) is 12.1 Å². The van der Waals surface area contributed by atoms with E-state index in [0.29, 0.717) is 5.56 Å². The van der Waals surface area contributed by atoms with Gasteiger partial charge >= 0.3 is 0 Å². The van der Waals surface area contributed by atoms with E-state index < -0.39 is 6.17 Å². The average Bonchev–Trinajstić information content (AvgIpc) is 2.56. The van der Waals surface area contributed by atoms with Crippen LogP contribution in [0.1, 0.15) is 37.4 Å². The number of halogens is 2. The first-order chi connectivity index (χ1) is 7.77. The predicted molar refractivity (Wildman–Crippen MR) is 60.5 cm³/mol. The fraction of sp³-hybridized carbons (Fsp3) is 0.538. The zero-order valence-electron chi connectivity index (χ0n) is 9.26. The molecule has 1 aliphatic rings. The maximum absolute atomic E-state index is 14.2. The van der Waals surface area contributed by atoms with Gasteiger partial charge in [-0.2, -0.15) is 0 Å². The molecular formula is C13H17F2N. The first-order valence-electron chi connectivity index (χ1n) is 5.90. The topological polar surface area (TPSA) is 12.0 Å². The molecule has 1 heterocycles. The Morgan fingerprint density at radius 2 is 2.12 bits per heavy atom. The van der Waals surface area contributed by atoms with Gasteiger partial charge in [0.05, 0.1) is 0 Å². The summed E-state index contributed by atoms with van der Waals surface area (Å²) < 4.78 is 27.1. The number of alkyl halides is 1. The Labute approximate surface area is 94.9 Å². The van der Waals surface area contributed by atoms with Gasteiger partial charge in [-0.25, -0.2) is 8.78 Å². The highest BCUT2D eigenvalue weighted by atomic mass is 19.1. The summed E-state index contributed by atoms with van der Waals surface area (Å²) >= 11 is 0. The van der Waals surface area contributed by atoms with Crippen LogP contribution in [0.25, 0.3) is 0 Å². The van der Waals surface area contributed by atoms with Gasteiger partial charge < -0.3 is 5.32 Å².